The first-order valence-electron chi connectivity index (χ1n) is 7.99. The van der Waals surface area contributed by atoms with Crippen LogP contribution in [0.1, 0.15) is 33.4 Å². The number of nitrogens with one attached hydrogen (secondary N) is 1. The van der Waals surface area contributed by atoms with E-state index in [-0.39, 0.29) is 22.7 Å². The number of amides is 1. The van der Waals surface area contributed by atoms with E-state index in [1.165, 1.54) is 24.4 Å². The second-order valence-electron chi connectivity index (χ2n) is 5.80. The fourth-order valence-corrected chi connectivity index (χ4v) is 2.51. The summed E-state index contributed by atoms with van der Waals surface area (Å²) in [6, 6.07) is 7.81. The highest BCUT2D eigenvalue weighted by Crippen LogP contribution is 2.31. The van der Waals surface area contributed by atoms with E-state index in [0.29, 0.717) is 0 Å². The summed E-state index contributed by atoms with van der Waals surface area (Å²) in [5.41, 5.74) is -0.888. The van der Waals surface area contributed by atoms with E-state index in [4.69, 9.17) is 0 Å². The first kappa shape index (κ1) is 19.3. The van der Waals surface area contributed by atoms with Gasteiger partial charge in [-0.3, -0.25) is 9.78 Å². The van der Waals surface area contributed by atoms with Gasteiger partial charge in [0, 0.05) is 6.20 Å². The van der Waals surface area contributed by atoms with Gasteiger partial charge in [-0.05, 0) is 42.0 Å². The highest BCUT2D eigenvalue weighted by molar-refractivity contribution is 5.92. The van der Waals surface area contributed by atoms with Crippen molar-refractivity contribution in [2.24, 2.45) is 0 Å². The maximum absolute atomic E-state index is 14.3. The minimum atomic E-state index is -4.52. The van der Waals surface area contributed by atoms with Gasteiger partial charge >= 0.3 is 6.18 Å². The van der Waals surface area contributed by atoms with Gasteiger partial charge in [0.1, 0.15) is 23.0 Å². The van der Waals surface area contributed by atoms with Gasteiger partial charge in [-0.1, -0.05) is 12.1 Å². The zero-order valence-corrected chi connectivity index (χ0v) is 14.1. The van der Waals surface area contributed by atoms with Crippen LogP contribution in [0.25, 0.3) is 0 Å². The molecule has 2 heterocycles. The zero-order chi connectivity index (χ0) is 20.3. The molecule has 9 heteroatoms. The van der Waals surface area contributed by atoms with Crippen LogP contribution in [0, 0.1) is 5.82 Å². The van der Waals surface area contributed by atoms with Gasteiger partial charge in [0.05, 0.1) is 17.8 Å². The molecule has 0 spiro atoms. The third kappa shape index (κ3) is 4.25. The molecular formula is C19H13F4N3O2. The number of carbonyl (C=O) groups excluding carboxylic acids is 1. The van der Waals surface area contributed by atoms with Crippen LogP contribution in [0.15, 0.2) is 60.9 Å². The molecule has 0 bridgehead atoms. The number of alkyl halides is 3. The largest absolute Gasteiger partial charge is 0.506 e. The Morgan fingerprint density at radius 1 is 1.04 bits per heavy atom. The van der Waals surface area contributed by atoms with Gasteiger partial charge in [-0.25, -0.2) is 9.37 Å². The van der Waals surface area contributed by atoms with Crippen LogP contribution in [-0.4, -0.2) is 21.0 Å². The molecule has 5 nitrogen and oxygen atoms in total. The third-order valence-corrected chi connectivity index (χ3v) is 3.89. The Hall–Kier alpha value is -3.49. The molecule has 2 N–H and O–H groups in total. The van der Waals surface area contributed by atoms with Gasteiger partial charge in [0.2, 0.25) is 0 Å². The predicted molar refractivity (Wildman–Crippen MR) is 90.9 cm³/mol. The van der Waals surface area contributed by atoms with E-state index in [0.717, 1.165) is 36.5 Å². The van der Waals surface area contributed by atoms with Crippen LogP contribution in [0.2, 0.25) is 0 Å². The van der Waals surface area contributed by atoms with Crippen LogP contribution in [0.4, 0.5) is 17.6 Å². The van der Waals surface area contributed by atoms with Crippen LogP contribution in [-0.2, 0) is 6.18 Å². The van der Waals surface area contributed by atoms with Crippen molar-refractivity contribution < 1.29 is 27.5 Å². The Labute approximate surface area is 156 Å². The monoisotopic (exact) mass is 391 g/mol. The van der Waals surface area contributed by atoms with E-state index in [1.54, 1.807) is 0 Å². The van der Waals surface area contributed by atoms with Crippen molar-refractivity contribution in [2.75, 3.05) is 0 Å². The Morgan fingerprint density at radius 3 is 2.32 bits per heavy atom. The summed E-state index contributed by atoms with van der Waals surface area (Å²) < 4.78 is 52.7. The van der Waals surface area contributed by atoms with Crippen molar-refractivity contribution in [3.63, 3.8) is 0 Å². The molecule has 1 aromatic carbocycles. The second-order valence-corrected chi connectivity index (χ2v) is 5.80. The lowest BCUT2D eigenvalue weighted by Crippen LogP contribution is -2.31. The number of nitrogens with zero attached hydrogens (tertiary/aromatic N) is 2. The van der Waals surface area contributed by atoms with Gasteiger partial charge in [-0.15, -0.1) is 0 Å². The number of aromatic nitrogens is 2. The molecular weight excluding hydrogens is 378 g/mol. The van der Waals surface area contributed by atoms with Gasteiger partial charge in [-0.2, -0.15) is 13.2 Å². The van der Waals surface area contributed by atoms with Crippen LogP contribution in [0.5, 0.6) is 5.75 Å². The maximum Gasteiger partial charge on any atom is 0.416 e. The van der Waals surface area contributed by atoms with Crippen LogP contribution >= 0.6 is 0 Å². The van der Waals surface area contributed by atoms with Crippen molar-refractivity contribution in [1.82, 2.24) is 15.3 Å². The molecule has 144 valence electrons. The summed E-state index contributed by atoms with van der Waals surface area (Å²) in [5, 5.41) is 11.8. The highest BCUT2D eigenvalue weighted by Gasteiger charge is 2.31. The third-order valence-electron chi connectivity index (χ3n) is 3.89. The van der Waals surface area contributed by atoms with Crippen LogP contribution in [0.3, 0.4) is 0 Å². The average molecular weight is 391 g/mol. The quantitative estimate of drug-likeness (QED) is 0.663. The molecule has 3 aromatic rings. The summed E-state index contributed by atoms with van der Waals surface area (Å²) in [7, 11) is 0. The highest BCUT2D eigenvalue weighted by atomic mass is 19.4. The number of halogens is 4. The van der Waals surface area contributed by atoms with Gasteiger partial charge < -0.3 is 10.4 Å². The molecule has 1 amide bonds. The number of hydrogen-bond acceptors (Lipinski definition) is 4. The lowest BCUT2D eigenvalue weighted by Gasteiger charge is -2.20. The minimum Gasteiger partial charge on any atom is -0.506 e. The molecule has 3 rings (SSSR count). The van der Waals surface area contributed by atoms with E-state index < -0.39 is 29.5 Å². The zero-order valence-electron chi connectivity index (χ0n) is 14.1. The Kier molecular flexibility index (Phi) is 5.25. The number of hydrogen-bond donors (Lipinski definition) is 2. The summed E-state index contributed by atoms with van der Waals surface area (Å²) in [5.74, 6) is -1.59. The fourth-order valence-electron chi connectivity index (χ4n) is 2.51. The summed E-state index contributed by atoms with van der Waals surface area (Å²) in [6.45, 7) is 0. The predicted octanol–water partition coefficient (Wildman–Crippen LogP) is 3.86. The molecule has 0 aliphatic rings. The SMILES string of the molecule is O=C(N[C@@H](c1ccc(C(F)(F)F)cc1)c1ncccc1F)c1ccc(O)cn1. The van der Waals surface area contributed by atoms with E-state index in [1.807, 2.05) is 0 Å². The molecule has 2 aromatic heterocycles. The molecule has 1 atom stereocenters. The van der Waals surface area contributed by atoms with E-state index in [2.05, 4.69) is 15.3 Å². The molecule has 28 heavy (non-hydrogen) atoms. The molecule has 0 fully saturated rings. The Balaban J connectivity index is 1.97. The molecule has 0 aliphatic carbocycles. The fraction of sp³-hybridized carbons (Fsp3) is 0.105. The molecule has 0 unspecified atom stereocenters. The number of aromatic hydroxyl groups is 1. The Bertz CT molecular complexity index is 974. The number of carbonyl (C=O) groups is 1. The summed E-state index contributed by atoms with van der Waals surface area (Å²) in [6.07, 6.45) is -2.16. The minimum absolute atomic E-state index is 0.0638. The maximum atomic E-state index is 14.3. The standard InChI is InChI=1S/C19H13F4N3O2/c20-14-2-1-9-24-17(14)16(11-3-5-12(6-4-11)19(21,22)23)26-18(28)15-8-7-13(27)10-25-15/h1-10,16,27H,(H,26,28)/t16-/m0/s1. The summed E-state index contributed by atoms with van der Waals surface area (Å²) >= 11 is 0. The lowest BCUT2D eigenvalue weighted by molar-refractivity contribution is -0.137. The molecule has 0 aliphatic heterocycles. The lowest BCUT2D eigenvalue weighted by atomic mass is 10.0. The van der Waals surface area contributed by atoms with Crippen molar-refractivity contribution >= 4 is 5.91 Å². The molecule has 0 radical (unpaired) electrons. The van der Waals surface area contributed by atoms with Crippen molar-refractivity contribution in [1.29, 1.82) is 0 Å². The molecule has 0 saturated carbocycles. The van der Waals surface area contributed by atoms with Crippen molar-refractivity contribution in [2.45, 2.75) is 12.2 Å². The normalized spacial score (nSPS) is 12.4. The summed E-state index contributed by atoms with van der Waals surface area (Å²) in [4.78, 5) is 20.1. The van der Waals surface area contributed by atoms with Gasteiger partial charge in [0.25, 0.3) is 5.91 Å². The Morgan fingerprint density at radius 2 is 1.75 bits per heavy atom. The number of rotatable bonds is 4. The molecule has 0 saturated heterocycles. The van der Waals surface area contributed by atoms with Crippen molar-refractivity contribution in [3.8, 4) is 5.75 Å². The first-order chi connectivity index (χ1) is 13.3. The van der Waals surface area contributed by atoms with Crippen LogP contribution < -0.4 is 5.32 Å². The number of pyridine rings is 2. The first-order valence-corrected chi connectivity index (χ1v) is 7.99. The number of benzene rings is 1. The smallest absolute Gasteiger partial charge is 0.416 e. The van der Waals surface area contributed by atoms with Gasteiger partial charge in [0.15, 0.2) is 0 Å². The van der Waals surface area contributed by atoms with E-state index in [9.17, 15) is 27.5 Å². The van der Waals surface area contributed by atoms with E-state index >= 15 is 0 Å². The second kappa shape index (κ2) is 7.63. The average Bonchev–Trinajstić information content (AvgIpc) is 2.66. The topological polar surface area (TPSA) is 75.1 Å². The van der Waals surface area contributed by atoms with Crippen molar-refractivity contribution in [3.05, 3.63) is 89.3 Å².